The number of hydrogen-bond donors (Lipinski definition) is 2. The van der Waals surface area contributed by atoms with Crippen molar-refractivity contribution in [2.45, 2.75) is 5.16 Å². The minimum atomic E-state index is -0.0474. The van der Waals surface area contributed by atoms with Gasteiger partial charge >= 0.3 is 0 Å². The second-order valence-electron chi connectivity index (χ2n) is 3.91. The Hall–Kier alpha value is -2.02. The molecule has 100 valence electrons. The number of benzene rings is 1. The van der Waals surface area contributed by atoms with Gasteiger partial charge in [-0.15, -0.1) is 10.2 Å². The van der Waals surface area contributed by atoms with Gasteiger partial charge in [-0.1, -0.05) is 23.9 Å². The minimum absolute atomic E-state index is 0.0474. The number of nitrogens with two attached hydrogens (primary N) is 1. The summed E-state index contributed by atoms with van der Waals surface area (Å²) in [6.45, 7) is 0. The minimum Gasteiger partial charge on any atom is -0.398 e. The maximum atomic E-state index is 11.2. The lowest BCUT2D eigenvalue weighted by atomic mass is 10.2. The molecule has 0 saturated carbocycles. The van der Waals surface area contributed by atoms with E-state index in [9.17, 15) is 4.79 Å². The molecule has 1 amide bonds. The topological polar surface area (TPSA) is 85.8 Å². The van der Waals surface area contributed by atoms with Crippen LogP contribution >= 0.6 is 11.8 Å². The Morgan fingerprint density at radius 3 is 2.84 bits per heavy atom. The molecule has 0 unspecified atom stereocenters. The van der Waals surface area contributed by atoms with Crippen molar-refractivity contribution in [3.63, 3.8) is 0 Å². The van der Waals surface area contributed by atoms with Crippen molar-refractivity contribution in [2.24, 2.45) is 7.05 Å². The van der Waals surface area contributed by atoms with Gasteiger partial charge in [0.1, 0.15) is 0 Å². The van der Waals surface area contributed by atoms with E-state index in [4.69, 9.17) is 5.73 Å². The van der Waals surface area contributed by atoms with Gasteiger partial charge in [-0.05, 0) is 12.1 Å². The number of nitrogens with zero attached hydrogens (tertiary/aromatic N) is 3. The molecule has 0 saturated heterocycles. The fourth-order valence-corrected chi connectivity index (χ4v) is 2.36. The Kier molecular flexibility index (Phi) is 4.06. The van der Waals surface area contributed by atoms with Crippen LogP contribution < -0.4 is 11.1 Å². The zero-order valence-corrected chi connectivity index (χ0v) is 11.6. The largest absolute Gasteiger partial charge is 0.398 e. The van der Waals surface area contributed by atoms with E-state index < -0.39 is 0 Å². The van der Waals surface area contributed by atoms with Gasteiger partial charge in [0.25, 0.3) is 0 Å². The molecule has 0 atom stereocenters. The van der Waals surface area contributed by atoms with E-state index in [0.717, 1.165) is 5.56 Å². The SMILES string of the molecule is CNC(=O)CSc1nnc(-c2ccccc2N)n1C. The standard InChI is InChI=1S/C12H15N5OS/c1-14-10(18)7-19-12-16-15-11(17(12)2)8-5-3-4-6-9(8)13/h3-6H,7,13H2,1-2H3,(H,14,18). The van der Waals surface area contributed by atoms with Crippen LogP contribution in [-0.4, -0.2) is 33.5 Å². The summed E-state index contributed by atoms with van der Waals surface area (Å²) in [7, 11) is 3.46. The molecule has 0 bridgehead atoms. The highest BCUT2D eigenvalue weighted by atomic mass is 32.2. The number of carbonyl (C=O) groups is 1. The number of nitrogen functional groups attached to an aromatic ring is 1. The number of anilines is 1. The monoisotopic (exact) mass is 277 g/mol. The summed E-state index contributed by atoms with van der Waals surface area (Å²) >= 11 is 1.34. The number of rotatable bonds is 4. The van der Waals surface area contributed by atoms with E-state index in [1.54, 1.807) is 7.05 Å². The Labute approximate surface area is 115 Å². The second kappa shape index (κ2) is 5.75. The van der Waals surface area contributed by atoms with Gasteiger partial charge in [-0.2, -0.15) is 0 Å². The molecule has 0 radical (unpaired) electrons. The molecule has 3 N–H and O–H groups in total. The van der Waals surface area contributed by atoms with E-state index in [1.165, 1.54) is 11.8 Å². The molecular weight excluding hydrogens is 262 g/mol. The summed E-state index contributed by atoms with van der Waals surface area (Å²) in [6, 6.07) is 7.49. The van der Waals surface area contributed by atoms with Crippen molar-refractivity contribution in [2.75, 3.05) is 18.5 Å². The van der Waals surface area contributed by atoms with Crippen LogP contribution in [0.3, 0.4) is 0 Å². The molecule has 0 aliphatic heterocycles. The highest BCUT2D eigenvalue weighted by Crippen LogP contribution is 2.26. The van der Waals surface area contributed by atoms with E-state index in [2.05, 4.69) is 15.5 Å². The molecule has 1 aromatic heterocycles. The fraction of sp³-hybridized carbons (Fsp3) is 0.250. The lowest BCUT2D eigenvalue weighted by Gasteiger charge is -2.05. The van der Waals surface area contributed by atoms with Crippen LogP contribution in [0.2, 0.25) is 0 Å². The first-order chi connectivity index (χ1) is 9.13. The summed E-state index contributed by atoms with van der Waals surface area (Å²) in [6.07, 6.45) is 0. The van der Waals surface area contributed by atoms with Gasteiger partial charge < -0.3 is 15.6 Å². The van der Waals surface area contributed by atoms with Crippen molar-refractivity contribution >= 4 is 23.4 Å². The summed E-state index contributed by atoms with van der Waals surface area (Å²) in [5, 5.41) is 11.5. The summed E-state index contributed by atoms with van der Waals surface area (Å²) in [5.41, 5.74) is 7.41. The molecule has 1 aromatic carbocycles. The van der Waals surface area contributed by atoms with E-state index >= 15 is 0 Å². The van der Waals surface area contributed by atoms with Crippen molar-refractivity contribution in [1.29, 1.82) is 0 Å². The zero-order chi connectivity index (χ0) is 13.8. The van der Waals surface area contributed by atoms with Gasteiger partial charge in [0.05, 0.1) is 5.75 Å². The quantitative estimate of drug-likeness (QED) is 0.640. The third kappa shape index (κ3) is 2.87. The number of para-hydroxylation sites is 1. The molecule has 6 nitrogen and oxygen atoms in total. The first-order valence-corrected chi connectivity index (χ1v) is 6.69. The Morgan fingerprint density at radius 1 is 1.42 bits per heavy atom. The van der Waals surface area contributed by atoms with E-state index in [-0.39, 0.29) is 5.91 Å². The Morgan fingerprint density at radius 2 is 2.16 bits per heavy atom. The maximum absolute atomic E-state index is 11.2. The Balaban J connectivity index is 2.24. The zero-order valence-electron chi connectivity index (χ0n) is 10.8. The van der Waals surface area contributed by atoms with Gasteiger partial charge in [-0.3, -0.25) is 4.79 Å². The van der Waals surface area contributed by atoms with Crippen molar-refractivity contribution < 1.29 is 4.79 Å². The first kappa shape index (κ1) is 13.4. The van der Waals surface area contributed by atoms with Crippen LogP contribution in [-0.2, 0) is 11.8 Å². The van der Waals surface area contributed by atoms with E-state index in [1.807, 2.05) is 35.9 Å². The molecule has 19 heavy (non-hydrogen) atoms. The molecule has 2 aromatic rings. The van der Waals surface area contributed by atoms with Crippen LogP contribution in [0.15, 0.2) is 29.4 Å². The molecule has 0 aliphatic rings. The molecular formula is C12H15N5OS. The number of nitrogens with one attached hydrogen (secondary N) is 1. The van der Waals surface area contributed by atoms with Gasteiger partial charge in [0.15, 0.2) is 11.0 Å². The van der Waals surface area contributed by atoms with Gasteiger partial charge in [-0.25, -0.2) is 0 Å². The molecule has 0 fully saturated rings. The maximum Gasteiger partial charge on any atom is 0.230 e. The lowest BCUT2D eigenvalue weighted by molar-refractivity contribution is -0.118. The number of aromatic nitrogens is 3. The molecule has 0 aliphatic carbocycles. The van der Waals surface area contributed by atoms with Crippen LogP contribution in [0.1, 0.15) is 0 Å². The lowest BCUT2D eigenvalue weighted by Crippen LogP contribution is -2.20. The van der Waals surface area contributed by atoms with Crippen LogP contribution in [0, 0.1) is 0 Å². The van der Waals surface area contributed by atoms with Crippen molar-refractivity contribution in [3.05, 3.63) is 24.3 Å². The number of carbonyl (C=O) groups excluding carboxylic acids is 1. The van der Waals surface area contributed by atoms with E-state index in [0.29, 0.717) is 22.4 Å². The number of thioether (sulfide) groups is 1. The predicted octanol–water partition coefficient (Wildman–Crippen LogP) is 0.902. The highest BCUT2D eigenvalue weighted by molar-refractivity contribution is 7.99. The van der Waals surface area contributed by atoms with Crippen molar-refractivity contribution in [1.82, 2.24) is 20.1 Å². The van der Waals surface area contributed by atoms with Crippen molar-refractivity contribution in [3.8, 4) is 11.4 Å². The average molecular weight is 277 g/mol. The molecule has 2 rings (SSSR count). The predicted molar refractivity (Wildman–Crippen MR) is 75.6 cm³/mol. The smallest absolute Gasteiger partial charge is 0.230 e. The van der Waals surface area contributed by atoms with Crippen LogP contribution in [0.5, 0.6) is 0 Å². The number of amides is 1. The Bertz CT molecular complexity index is 596. The number of hydrogen-bond acceptors (Lipinski definition) is 5. The summed E-state index contributed by atoms with van der Waals surface area (Å²) in [4.78, 5) is 11.2. The second-order valence-corrected chi connectivity index (χ2v) is 4.86. The normalized spacial score (nSPS) is 10.4. The molecule has 1 heterocycles. The van der Waals surface area contributed by atoms with Gasteiger partial charge in [0, 0.05) is 25.3 Å². The molecule has 7 heteroatoms. The summed E-state index contributed by atoms with van der Waals surface area (Å²) < 4.78 is 1.83. The molecule has 0 spiro atoms. The third-order valence-electron chi connectivity index (χ3n) is 2.65. The fourth-order valence-electron chi connectivity index (χ4n) is 1.58. The van der Waals surface area contributed by atoms with Gasteiger partial charge in [0.2, 0.25) is 5.91 Å². The average Bonchev–Trinajstić information content (AvgIpc) is 2.78. The van der Waals surface area contributed by atoms with Crippen LogP contribution in [0.4, 0.5) is 5.69 Å². The highest BCUT2D eigenvalue weighted by Gasteiger charge is 2.13. The van der Waals surface area contributed by atoms with Crippen LogP contribution in [0.25, 0.3) is 11.4 Å². The first-order valence-electron chi connectivity index (χ1n) is 5.71. The third-order valence-corrected chi connectivity index (χ3v) is 3.67. The summed E-state index contributed by atoms with van der Waals surface area (Å²) in [5.74, 6) is 0.957.